The zero-order valence-electron chi connectivity index (χ0n) is 11.5. The van der Waals surface area contributed by atoms with Crippen LogP contribution in [0.25, 0.3) is 0 Å². The Morgan fingerprint density at radius 3 is 2.44 bits per heavy atom. The molecular weight excluding hydrogens is 228 g/mol. The maximum atomic E-state index is 11.5. The predicted molar refractivity (Wildman–Crippen MR) is 72.4 cm³/mol. The Morgan fingerprint density at radius 2 is 1.67 bits per heavy atom. The van der Waals surface area contributed by atoms with Gasteiger partial charge in [0.25, 0.3) is 0 Å². The molecule has 0 saturated carbocycles. The van der Waals surface area contributed by atoms with Crippen LogP contribution in [0, 0.1) is 0 Å². The summed E-state index contributed by atoms with van der Waals surface area (Å²) in [4.78, 5) is 11.5. The second-order valence-electron chi connectivity index (χ2n) is 4.88. The highest BCUT2D eigenvalue weighted by atomic mass is 16.6. The molecule has 0 saturated heterocycles. The van der Waals surface area contributed by atoms with Gasteiger partial charge in [-0.2, -0.15) is 0 Å². The highest BCUT2D eigenvalue weighted by molar-refractivity contribution is 5.74. The van der Waals surface area contributed by atoms with Crippen LogP contribution in [0.15, 0.2) is 12.2 Å². The average Bonchev–Trinajstić information content (AvgIpc) is 2.37. The predicted octanol–water partition coefficient (Wildman–Crippen LogP) is 3.63. The zero-order valence-corrected chi connectivity index (χ0v) is 11.5. The van der Waals surface area contributed by atoms with Gasteiger partial charge >= 0.3 is 5.97 Å². The molecular formula is C15H26O3. The van der Waals surface area contributed by atoms with E-state index in [0.717, 1.165) is 19.3 Å². The molecule has 0 aromatic carbocycles. The smallest absolute Gasteiger partial charge is 0.334 e. The molecule has 1 aliphatic rings. The molecule has 1 heterocycles. The minimum absolute atomic E-state index is 0.240. The maximum absolute atomic E-state index is 11.5. The Labute approximate surface area is 111 Å². The Kier molecular flexibility index (Phi) is 8.57. The lowest BCUT2D eigenvalue weighted by atomic mass is 10.1. The van der Waals surface area contributed by atoms with Crippen LogP contribution < -0.4 is 0 Å². The molecule has 3 heteroatoms. The SMILES string of the molecule is C[C@H]1OCC=CCCCCCCCCCOC1=O. The topological polar surface area (TPSA) is 35.5 Å². The van der Waals surface area contributed by atoms with Crippen molar-refractivity contribution in [2.24, 2.45) is 0 Å². The Hall–Kier alpha value is -0.830. The van der Waals surface area contributed by atoms with Crippen LogP contribution in [0.5, 0.6) is 0 Å². The fourth-order valence-corrected chi connectivity index (χ4v) is 1.99. The van der Waals surface area contributed by atoms with Gasteiger partial charge in [0, 0.05) is 0 Å². The molecule has 0 aromatic rings. The van der Waals surface area contributed by atoms with E-state index in [4.69, 9.17) is 9.47 Å². The van der Waals surface area contributed by atoms with E-state index in [0.29, 0.717) is 13.2 Å². The molecule has 1 atom stereocenters. The molecule has 0 radical (unpaired) electrons. The summed E-state index contributed by atoms with van der Waals surface area (Å²) in [5, 5.41) is 0. The van der Waals surface area contributed by atoms with Gasteiger partial charge in [0.2, 0.25) is 0 Å². The third kappa shape index (κ3) is 7.49. The number of allylic oxidation sites excluding steroid dienone is 1. The molecule has 0 aromatic heterocycles. The van der Waals surface area contributed by atoms with E-state index in [-0.39, 0.29) is 5.97 Å². The first kappa shape index (κ1) is 15.2. The highest BCUT2D eigenvalue weighted by Crippen LogP contribution is 2.09. The van der Waals surface area contributed by atoms with Gasteiger partial charge in [-0.3, -0.25) is 0 Å². The van der Waals surface area contributed by atoms with Crippen molar-refractivity contribution in [2.75, 3.05) is 13.2 Å². The minimum Gasteiger partial charge on any atom is -0.464 e. The van der Waals surface area contributed by atoms with E-state index in [9.17, 15) is 4.79 Å². The third-order valence-corrected chi connectivity index (χ3v) is 3.20. The molecule has 0 aliphatic carbocycles. The fourth-order valence-electron chi connectivity index (χ4n) is 1.99. The van der Waals surface area contributed by atoms with Crippen molar-refractivity contribution in [3.8, 4) is 0 Å². The Bertz CT molecular complexity index is 248. The quantitative estimate of drug-likeness (QED) is 0.489. The van der Waals surface area contributed by atoms with Crippen LogP contribution in [0.4, 0.5) is 0 Å². The van der Waals surface area contributed by atoms with Crippen LogP contribution in [0.3, 0.4) is 0 Å². The molecule has 1 aliphatic heterocycles. The summed E-state index contributed by atoms with van der Waals surface area (Å²) in [7, 11) is 0. The zero-order chi connectivity index (χ0) is 13.1. The second-order valence-corrected chi connectivity index (χ2v) is 4.88. The molecule has 0 bridgehead atoms. The number of carbonyl (C=O) groups excluding carboxylic acids is 1. The molecule has 18 heavy (non-hydrogen) atoms. The van der Waals surface area contributed by atoms with Gasteiger partial charge in [0.15, 0.2) is 6.10 Å². The first-order valence-corrected chi connectivity index (χ1v) is 7.24. The average molecular weight is 254 g/mol. The highest BCUT2D eigenvalue weighted by Gasteiger charge is 2.13. The number of carbonyl (C=O) groups is 1. The normalized spacial score (nSPS) is 25.6. The Balaban J connectivity index is 2.29. The summed E-state index contributed by atoms with van der Waals surface area (Å²) in [6, 6.07) is 0. The lowest BCUT2D eigenvalue weighted by molar-refractivity contribution is -0.155. The molecule has 104 valence electrons. The maximum Gasteiger partial charge on any atom is 0.334 e. The van der Waals surface area contributed by atoms with Crippen LogP contribution in [-0.2, 0) is 14.3 Å². The molecule has 0 spiro atoms. The summed E-state index contributed by atoms with van der Waals surface area (Å²) in [5.41, 5.74) is 0. The lowest BCUT2D eigenvalue weighted by Crippen LogP contribution is -2.23. The van der Waals surface area contributed by atoms with Gasteiger partial charge in [0.1, 0.15) is 0 Å². The molecule has 0 unspecified atom stereocenters. The number of cyclic esters (lactones) is 1. The van der Waals surface area contributed by atoms with E-state index < -0.39 is 6.10 Å². The van der Waals surface area contributed by atoms with Gasteiger partial charge in [-0.1, -0.05) is 44.3 Å². The van der Waals surface area contributed by atoms with Crippen molar-refractivity contribution >= 4 is 5.97 Å². The van der Waals surface area contributed by atoms with Gasteiger partial charge < -0.3 is 9.47 Å². The third-order valence-electron chi connectivity index (χ3n) is 3.20. The van der Waals surface area contributed by atoms with E-state index in [2.05, 4.69) is 6.08 Å². The van der Waals surface area contributed by atoms with Crippen LogP contribution in [0.1, 0.15) is 58.3 Å². The molecule has 0 N–H and O–H groups in total. The van der Waals surface area contributed by atoms with Gasteiger partial charge in [-0.05, 0) is 26.2 Å². The lowest BCUT2D eigenvalue weighted by Gasteiger charge is -2.11. The number of hydrogen-bond donors (Lipinski definition) is 0. The van der Waals surface area contributed by atoms with Crippen molar-refractivity contribution in [3.05, 3.63) is 12.2 Å². The second kappa shape index (κ2) is 10.1. The summed E-state index contributed by atoms with van der Waals surface area (Å²) in [6.07, 6.45) is 13.4. The number of hydrogen-bond acceptors (Lipinski definition) is 3. The van der Waals surface area contributed by atoms with Gasteiger partial charge in [-0.25, -0.2) is 4.79 Å². The van der Waals surface area contributed by atoms with Crippen LogP contribution in [-0.4, -0.2) is 25.3 Å². The minimum atomic E-state index is -0.456. The fraction of sp³-hybridized carbons (Fsp3) is 0.800. The van der Waals surface area contributed by atoms with Crippen molar-refractivity contribution in [1.82, 2.24) is 0 Å². The molecule has 0 amide bonds. The van der Waals surface area contributed by atoms with Crippen molar-refractivity contribution in [3.63, 3.8) is 0 Å². The Morgan fingerprint density at radius 1 is 1.00 bits per heavy atom. The largest absolute Gasteiger partial charge is 0.464 e. The number of ether oxygens (including phenoxy) is 2. The van der Waals surface area contributed by atoms with E-state index in [1.807, 2.05) is 6.08 Å². The monoisotopic (exact) mass is 254 g/mol. The molecule has 3 nitrogen and oxygen atoms in total. The summed E-state index contributed by atoms with van der Waals surface area (Å²) in [6.45, 7) is 2.78. The van der Waals surface area contributed by atoms with E-state index in [1.165, 1.54) is 32.1 Å². The molecule has 1 rings (SSSR count). The standard InChI is InChI=1S/C15H26O3/c1-14-15(16)18-13-11-9-7-5-3-2-4-6-8-10-12-17-14/h8,10,14H,2-7,9,11-13H2,1H3/t14-/m1/s1. The molecule has 0 fully saturated rings. The van der Waals surface area contributed by atoms with Crippen molar-refractivity contribution in [1.29, 1.82) is 0 Å². The summed E-state index contributed by atoms with van der Waals surface area (Å²) in [5.74, 6) is -0.240. The van der Waals surface area contributed by atoms with E-state index >= 15 is 0 Å². The number of esters is 1. The van der Waals surface area contributed by atoms with Gasteiger partial charge in [0.05, 0.1) is 13.2 Å². The summed E-state index contributed by atoms with van der Waals surface area (Å²) < 4.78 is 10.6. The number of rotatable bonds is 0. The van der Waals surface area contributed by atoms with Crippen molar-refractivity contribution < 1.29 is 14.3 Å². The first-order chi connectivity index (χ1) is 8.80. The first-order valence-electron chi connectivity index (χ1n) is 7.24. The van der Waals surface area contributed by atoms with Crippen LogP contribution in [0.2, 0.25) is 0 Å². The van der Waals surface area contributed by atoms with E-state index in [1.54, 1.807) is 6.92 Å². The van der Waals surface area contributed by atoms with Crippen molar-refractivity contribution in [2.45, 2.75) is 64.4 Å². The summed E-state index contributed by atoms with van der Waals surface area (Å²) >= 11 is 0. The van der Waals surface area contributed by atoms with Gasteiger partial charge in [-0.15, -0.1) is 0 Å². The van der Waals surface area contributed by atoms with Crippen LogP contribution >= 0.6 is 0 Å².